The Bertz CT molecular complexity index is 1210. The van der Waals surface area contributed by atoms with Gasteiger partial charge < -0.3 is 23.9 Å². The van der Waals surface area contributed by atoms with Crippen LogP contribution in [-0.4, -0.2) is 48.7 Å². The molecular formula is C26H31N5O4. The summed E-state index contributed by atoms with van der Waals surface area (Å²) < 4.78 is 12.5. The van der Waals surface area contributed by atoms with E-state index in [0.717, 1.165) is 31.9 Å². The fourth-order valence-electron chi connectivity index (χ4n) is 5.10. The Morgan fingerprint density at radius 3 is 2.80 bits per heavy atom. The van der Waals surface area contributed by atoms with Gasteiger partial charge in [-0.05, 0) is 17.7 Å². The number of methoxy groups -OCH3 is 1. The summed E-state index contributed by atoms with van der Waals surface area (Å²) in [5, 5.41) is 2.90. The number of furan rings is 1. The number of rotatable bonds is 7. The zero-order valence-corrected chi connectivity index (χ0v) is 19.8. The number of amides is 1. The largest absolute Gasteiger partial charge is 0.496 e. The monoisotopic (exact) mass is 477 g/mol. The summed E-state index contributed by atoms with van der Waals surface area (Å²) in [7, 11) is 1.49. The second-order valence-corrected chi connectivity index (χ2v) is 9.01. The van der Waals surface area contributed by atoms with Crippen LogP contribution in [-0.2, 0) is 19.5 Å². The summed E-state index contributed by atoms with van der Waals surface area (Å²) in [5.41, 5.74) is 8.98. The van der Waals surface area contributed by atoms with E-state index < -0.39 is 0 Å². The number of aromatic nitrogens is 1. The Labute approximate surface area is 204 Å². The zero-order valence-electron chi connectivity index (χ0n) is 19.8. The van der Waals surface area contributed by atoms with Gasteiger partial charge in [0.1, 0.15) is 17.1 Å². The van der Waals surface area contributed by atoms with Crippen LogP contribution in [0.3, 0.4) is 0 Å². The number of benzene rings is 1. The van der Waals surface area contributed by atoms with Gasteiger partial charge in [0.05, 0.1) is 26.0 Å². The van der Waals surface area contributed by atoms with Crippen LogP contribution in [0.5, 0.6) is 5.75 Å². The van der Waals surface area contributed by atoms with E-state index in [2.05, 4.69) is 45.3 Å². The molecule has 1 fully saturated rings. The van der Waals surface area contributed by atoms with E-state index >= 15 is 0 Å². The van der Waals surface area contributed by atoms with Gasteiger partial charge >= 0.3 is 0 Å². The molecule has 2 aliphatic rings. The molecule has 5 rings (SSSR count). The second-order valence-electron chi connectivity index (χ2n) is 9.01. The third-order valence-corrected chi connectivity index (χ3v) is 6.88. The highest BCUT2D eigenvalue weighted by molar-refractivity contribution is 5.98. The minimum atomic E-state index is -0.274. The molecule has 0 bridgehead atoms. The van der Waals surface area contributed by atoms with Crippen LogP contribution in [0.4, 0.5) is 0 Å². The van der Waals surface area contributed by atoms with Gasteiger partial charge in [0, 0.05) is 56.8 Å². The van der Waals surface area contributed by atoms with Gasteiger partial charge in [-0.3, -0.25) is 15.0 Å². The van der Waals surface area contributed by atoms with Crippen molar-refractivity contribution in [2.24, 2.45) is 5.92 Å². The van der Waals surface area contributed by atoms with E-state index in [9.17, 15) is 9.59 Å². The minimum absolute atomic E-state index is 0.146. The lowest BCUT2D eigenvalue weighted by molar-refractivity contribution is 0.0942. The van der Waals surface area contributed by atoms with Crippen LogP contribution in [0.15, 0.2) is 64.0 Å². The maximum absolute atomic E-state index is 13.2. The van der Waals surface area contributed by atoms with Crippen molar-refractivity contribution in [2.45, 2.75) is 25.6 Å². The number of hydrogen-bond acceptors (Lipinski definition) is 7. The number of hydrogen-bond donors (Lipinski definition) is 3. The molecule has 2 unspecified atom stereocenters. The average Bonchev–Trinajstić information content (AvgIpc) is 3.52. The molecule has 2 aromatic heterocycles. The van der Waals surface area contributed by atoms with E-state index in [4.69, 9.17) is 9.15 Å². The lowest BCUT2D eigenvalue weighted by Crippen LogP contribution is -2.35. The van der Waals surface area contributed by atoms with Gasteiger partial charge in [-0.2, -0.15) is 0 Å². The Hall–Kier alpha value is -3.40. The van der Waals surface area contributed by atoms with Crippen LogP contribution in [0, 0.1) is 5.92 Å². The van der Waals surface area contributed by atoms with Crippen LogP contribution in [0.1, 0.15) is 33.4 Å². The Kier molecular flexibility index (Phi) is 6.98. The van der Waals surface area contributed by atoms with E-state index in [1.165, 1.54) is 18.7 Å². The normalized spacial score (nSPS) is 20.3. The number of nitrogens with zero attached hydrogens (tertiary/aromatic N) is 2. The molecule has 1 aromatic carbocycles. The average molecular weight is 478 g/mol. The topological polar surface area (TPSA) is 101 Å². The molecule has 3 N–H and O–H groups in total. The summed E-state index contributed by atoms with van der Waals surface area (Å²) >= 11 is 0. The summed E-state index contributed by atoms with van der Waals surface area (Å²) in [6.07, 6.45) is 2.15. The van der Waals surface area contributed by atoms with Crippen molar-refractivity contribution in [2.75, 3.05) is 33.3 Å². The van der Waals surface area contributed by atoms with Gasteiger partial charge in [0.2, 0.25) is 0 Å². The summed E-state index contributed by atoms with van der Waals surface area (Å²) in [6, 6.07) is 15.7. The first-order valence-corrected chi connectivity index (χ1v) is 12.0. The highest BCUT2D eigenvalue weighted by Crippen LogP contribution is 2.27. The fraction of sp³-hybridized carbons (Fsp3) is 0.385. The molecule has 4 heterocycles. The first-order valence-electron chi connectivity index (χ1n) is 12.0. The molecule has 35 heavy (non-hydrogen) atoms. The molecule has 0 spiro atoms. The van der Waals surface area contributed by atoms with Crippen molar-refractivity contribution in [1.82, 2.24) is 25.6 Å². The molecule has 1 saturated heterocycles. The predicted molar refractivity (Wildman–Crippen MR) is 131 cm³/mol. The molecule has 0 aliphatic carbocycles. The molecule has 184 valence electrons. The number of hydrazine groups is 1. The molecule has 0 saturated carbocycles. The number of ether oxygens (including phenoxy) is 1. The van der Waals surface area contributed by atoms with Crippen molar-refractivity contribution >= 4 is 5.91 Å². The standard InChI is InChI=1S/C26H31N5O4/c1-34-22-14-23(32)31-12-11-30(17-19-15-28-29-25(19)18-6-3-2-4-7-18)10-9-21(31)24(22)26(33)27-16-20-8-5-13-35-20/h2-8,13-14,19,25,28-29H,9-12,15-17H2,1H3,(H,27,33). The first-order chi connectivity index (χ1) is 17.1. The third kappa shape index (κ3) is 5.02. The van der Waals surface area contributed by atoms with Crippen molar-refractivity contribution in [3.05, 3.63) is 87.7 Å². The Morgan fingerprint density at radius 1 is 1.17 bits per heavy atom. The maximum atomic E-state index is 13.2. The van der Waals surface area contributed by atoms with Crippen molar-refractivity contribution in [3.63, 3.8) is 0 Å². The molecular weight excluding hydrogens is 446 g/mol. The SMILES string of the molecule is COc1cc(=O)n2c(c1C(=O)NCc1ccco1)CCN(CC1CNNC1c1ccccc1)CC2. The van der Waals surface area contributed by atoms with Crippen molar-refractivity contribution in [3.8, 4) is 5.75 Å². The number of fused-ring (bicyclic) bond motifs is 1. The molecule has 2 aliphatic heterocycles. The van der Waals surface area contributed by atoms with Gasteiger partial charge in [0.25, 0.3) is 11.5 Å². The van der Waals surface area contributed by atoms with E-state index in [1.807, 2.05) is 6.07 Å². The fourth-order valence-corrected chi connectivity index (χ4v) is 5.10. The lowest BCUT2D eigenvalue weighted by atomic mass is 9.94. The highest BCUT2D eigenvalue weighted by atomic mass is 16.5. The third-order valence-electron chi connectivity index (χ3n) is 6.88. The highest BCUT2D eigenvalue weighted by Gasteiger charge is 2.31. The van der Waals surface area contributed by atoms with E-state index in [1.54, 1.807) is 23.0 Å². The van der Waals surface area contributed by atoms with Crippen molar-refractivity contribution < 1.29 is 13.9 Å². The summed E-state index contributed by atoms with van der Waals surface area (Å²) in [5.74, 6) is 1.08. The Balaban J connectivity index is 1.33. The number of nitrogens with one attached hydrogen (secondary N) is 3. The molecule has 2 atom stereocenters. The number of carbonyl (C=O) groups is 1. The quantitative estimate of drug-likeness (QED) is 0.476. The predicted octanol–water partition coefficient (Wildman–Crippen LogP) is 1.70. The van der Waals surface area contributed by atoms with Gasteiger partial charge in [0.15, 0.2) is 0 Å². The van der Waals surface area contributed by atoms with Gasteiger partial charge in [-0.15, -0.1) is 0 Å². The molecule has 3 aromatic rings. The smallest absolute Gasteiger partial charge is 0.257 e. The maximum Gasteiger partial charge on any atom is 0.257 e. The zero-order chi connectivity index (χ0) is 24.2. The number of pyridine rings is 1. The molecule has 0 radical (unpaired) electrons. The second kappa shape index (κ2) is 10.5. The molecule has 1 amide bonds. The molecule has 9 heteroatoms. The number of carbonyl (C=O) groups excluding carboxylic acids is 1. The van der Waals surface area contributed by atoms with Crippen LogP contribution in [0.25, 0.3) is 0 Å². The lowest BCUT2D eigenvalue weighted by Gasteiger charge is -2.26. The van der Waals surface area contributed by atoms with E-state index in [0.29, 0.717) is 36.0 Å². The van der Waals surface area contributed by atoms with E-state index in [-0.39, 0.29) is 24.1 Å². The minimum Gasteiger partial charge on any atom is -0.496 e. The van der Waals surface area contributed by atoms with Crippen molar-refractivity contribution in [1.29, 1.82) is 0 Å². The summed E-state index contributed by atoms with van der Waals surface area (Å²) in [4.78, 5) is 28.5. The van der Waals surface area contributed by atoms with Gasteiger partial charge in [-0.25, -0.2) is 5.43 Å². The Morgan fingerprint density at radius 2 is 2.03 bits per heavy atom. The summed E-state index contributed by atoms with van der Waals surface area (Å²) in [6.45, 7) is 4.05. The van der Waals surface area contributed by atoms with Crippen LogP contribution >= 0.6 is 0 Å². The van der Waals surface area contributed by atoms with Crippen LogP contribution in [0.2, 0.25) is 0 Å². The molecule has 9 nitrogen and oxygen atoms in total. The van der Waals surface area contributed by atoms with Gasteiger partial charge in [-0.1, -0.05) is 30.3 Å². The van der Waals surface area contributed by atoms with Crippen LogP contribution < -0.4 is 26.5 Å². The first kappa shape index (κ1) is 23.3.